The van der Waals surface area contributed by atoms with Crippen LogP contribution in [-0.2, 0) is 10.2 Å². The summed E-state index contributed by atoms with van der Waals surface area (Å²) in [6.45, 7) is 1.07. The van der Waals surface area contributed by atoms with E-state index in [9.17, 15) is 13.2 Å². The third-order valence-electron chi connectivity index (χ3n) is 5.95. The lowest BCUT2D eigenvalue weighted by atomic mass is 9.78. The van der Waals surface area contributed by atoms with Gasteiger partial charge in [0.15, 0.2) is 0 Å². The molecule has 0 radical (unpaired) electrons. The molecular weight excluding hydrogens is 314 g/mol. The molecule has 2 saturated carbocycles. The molecule has 7 heteroatoms. The van der Waals surface area contributed by atoms with Gasteiger partial charge < -0.3 is 5.32 Å². The molecule has 0 atom stereocenters. The number of carbonyl (C=O) groups excluding carboxylic acids is 1. The monoisotopic (exact) mass is 343 g/mol. The van der Waals surface area contributed by atoms with E-state index in [1.165, 1.54) is 36.4 Å². The Bertz CT molecular complexity index is 513. The van der Waals surface area contributed by atoms with E-state index in [-0.39, 0.29) is 6.04 Å². The van der Waals surface area contributed by atoms with Crippen LogP contribution in [0.3, 0.4) is 0 Å². The third kappa shape index (κ3) is 4.18. The first-order valence-corrected chi connectivity index (χ1v) is 10.5. The van der Waals surface area contributed by atoms with Crippen LogP contribution in [0.25, 0.3) is 0 Å². The van der Waals surface area contributed by atoms with Crippen molar-refractivity contribution in [3.8, 4) is 0 Å². The number of nitrogens with one attached hydrogen (secondary N) is 2. The highest BCUT2D eigenvalue weighted by molar-refractivity contribution is 7.87. The zero-order valence-corrected chi connectivity index (χ0v) is 14.7. The summed E-state index contributed by atoms with van der Waals surface area (Å²) < 4.78 is 28.4. The Hall–Kier alpha value is -0.820. The van der Waals surface area contributed by atoms with E-state index in [4.69, 9.17) is 0 Å². The zero-order valence-electron chi connectivity index (χ0n) is 13.8. The highest BCUT2D eigenvalue weighted by Crippen LogP contribution is 2.46. The SMILES string of the molecule is O=C(NC1CCCCC1)NS(=O)(=O)N1CCC2(CCCC2)CC1. The van der Waals surface area contributed by atoms with Gasteiger partial charge in [0.1, 0.15) is 0 Å². The molecule has 0 unspecified atom stereocenters. The molecule has 3 rings (SSSR count). The maximum absolute atomic E-state index is 12.4. The molecule has 2 N–H and O–H groups in total. The average molecular weight is 343 g/mol. The van der Waals surface area contributed by atoms with Crippen molar-refractivity contribution in [2.75, 3.05) is 13.1 Å². The fourth-order valence-electron chi connectivity index (χ4n) is 4.47. The van der Waals surface area contributed by atoms with Crippen molar-refractivity contribution in [1.29, 1.82) is 0 Å². The van der Waals surface area contributed by atoms with Gasteiger partial charge in [0.05, 0.1) is 0 Å². The number of piperidine rings is 1. The molecule has 2 amide bonds. The summed E-state index contributed by atoms with van der Waals surface area (Å²) in [5.74, 6) is 0. The lowest BCUT2D eigenvalue weighted by Gasteiger charge is -2.38. The minimum Gasteiger partial charge on any atom is -0.335 e. The predicted molar refractivity (Wildman–Crippen MR) is 89.2 cm³/mol. The molecule has 2 aliphatic carbocycles. The van der Waals surface area contributed by atoms with Crippen LogP contribution in [-0.4, -0.2) is 37.9 Å². The average Bonchev–Trinajstić information content (AvgIpc) is 2.96. The molecule has 6 nitrogen and oxygen atoms in total. The Morgan fingerprint density at radius 2 is 1.52 bits per heavy atom. The molecule has 1 heterocycles. The zero-order chi connectivity index (χ0) is 16.3. The van der Waals surface area contributed by atoms with Crippen LogP contribution in [0.2, 0.25) is 0 Å². The summed E-state index contributed by atoms with van der Waals surface area (Å²) in [5.41, 5.74) is 0.371. The fraction of sp³-hybridized carbons (Fsp3) is 0.938. The van der Waals surface area contributed by atoms with Gasteiger partial charge in [-0.25, -0.2) is 9.52 Å². The topological polar surface area (TPSA) is 78.5 Å². The first-order chi connectivity index (χ1) is 11.0. The van der Waals surface area contributed by atoms with Crippen LogP contribution >= 0.6 is 0 Å². The molecule has 23 heavy (non-hydrogen) atoms. The molecule has 0 aromatic carbocycles. The van der Waals surface area contributed by atoms with E-state index < -0.39 is 16.2 Å². The van der Waals surface area contributed by atoms with Gasteiger partial charge >= 0.3 is 16.2 Å². The minimum absolute atomic E-state index is 0.113. The summed E-state index contributed by atoms with van der Waals surface area (Å²) in [4.78, 5) is 12.0. The molecule has 1 spiro atoms. The second kappa shape index (κ2) is 6.97. The summed E-state index contributed by atoms with van der Waals surface area (Å²) >= 11 is 0. The Balaban J connectivity index is 1.49. The standard InChI is InChI=1S/C16H29N3O3S/c20-15(17-14-6-2-1-3-7-14)18-23(21,22)19-12-10-16(11-13-19)8-4-5-9-16/h14H,1-13H2,(H2,17,18,20). The van der Waals surface area contributed by atoms with Crippen molar-refractivity contribution in [3.05, 3.63) is 0 Å². The van der Waals surface area contributed by atoms with Gasteiger partial charge in [0, 0.05) is 19.1 Å². The minimum atomic E-state index is -3.71. The number of carbonyl (C=O) groups is 1. The van der Waals surface area contributed by atoms with Crippen molar-refractivity contribution >= 4 is 16.2 Å². The normalized spacial score (nSPS) is 26.3. The number of nitrogens with zero attached hydrogens (tertiary/aromatic N) is 1. The fourth-order valence-corrected chi connectivity index (χ4v) is 5.55. The third-order valence-corrected chi connectivity index (χ3v) is 7.44. The van der Waals surface area contributed by atoms with E-state index >= 15 is 0 Å². The van der Waals surface area contributed by atoms with E-state index in [2.05, 4.69) is 10.0 Å². The molecule has 0 aromatic heterocycles. The van der Waals surface area contributed by atoms with Crippen LogP contribution in [0.15, 0.2) is 0 Å². The molecule has 132 valence electrons. The van der Waals surface area contributed by atoms with Gasteiger partial charge in [-0.3, -0.25) is 0 Å². The summed E-state index contributed by atoms with van der Waals surface area (Å²) in [6.07, 6.45) is 12.2. The van der Waals surface area contributed by atoms with Crippen molar-refractivity contribution < 1.29 is 13.2 Å². The van der Waals surface area contributed by atoms with E-state index in [1.807, 2.05) is 0 Å². The highest BCUT2D eigenvalue weighted by atomic mass is 32.2. The maximum atomic E-state index is 12.4. The molecule has 3 fully saturated rings. The van der Waals surface area contributed by atoms with Crippen molar-refractivity contribution in [2.45, 2.75) is 76.7 Å². The van der Waals surface area contributed by atoms with Crippen LogP contribution < -0.4 is 10.0 Å². The van der Waals surface area contributed by atoms with Crippen molar-refractivity contribution in [3.63, 3.8) is 0 Å². The second-order valence-electron chi connectivity index (χ2n) is 7.52. The quantitative estimate of drug-likeness (QED) is 0.826. The largest absolute Gasteiger partial charge is 0.335 e. The summed E-state index contributed by atoms with van der Waals surface area (Å²) in [6, 6.07) is -0.458. The number of hydrogen-bond donors (Lipinski definition) is 2. The van der Waals surface area contributed by atoms with Gasteiger partial charge in [-0.05, 0) is 43.9 Å². The number of amides is 2. The van der Waals surface area contributed by atoms with Crippen molar-refractivity contribution in [2.24, 2.45) is 5.41 Å². The van der Waals surface area contributed by atoms with E-state index in [1.54, 1.807) is 0 Å². The van der Waals surface area contributed by atoms with Gasteiger partial charge in [-0.1, -0.05) is 32.1 Å². The van der Waals surface area contributed by atoms with Crippen LogP contribution in [0.4, 0.5) is 4.79 Å². The van der Waals surface area contributed by atoms with Gasteiger partial charge in [-0.15, -0.1) is 0 Å². The molecule has 0 bridgehead atoms. The lowest BCUT2D eigenvalue weighted by Crippen LogP contribution is -2.52. The smallest absolute Gasteiger partial charge is 0.329 e. The Morgan fingerprint density at radius 1 is 0.913 bits per heavy atom. The second-order valence-corrected chi connectivity index (χ2v) is 9.19. The van der Waals surface area contributed by atoms with Gasteiger partial charge in [0.25, 0.3) is 0 Å². The highest BCUT2D eigenvalue weighted by Gasteiger charge is 2.40. The number of urea groups is 1. The van der Waals surface area contributed by atoms with E-state index in [0.29, 0.717) is 18.5 Å². The van der Waals surface area contributed by atoms with Crippen LogP contribution in [0.1, 0.15) is 70.6 Å². The summed E-state index contributed by atoms with van der Waals surface area (Å²) in [5, 5.41) is 2.81. The first-order valence-electron chi connectivity index (χ1n) is 9.08. The Kier molecular flexibility index (Phi) is 5.16. The molecule has 1 aliphatic heterocycles. The van der Waals surface area contributed by atoms with Crippen LogP contribution in [0, 0.1) is 5.41 Å². The first kappa shape index (κ1) is 17.0. The lowest BCUT2D eigenvalue weighted by molar-refractivity contribution is 0.159. The predicted octanol–water partition coefficient (Wildman–Crippen LogP) is 2.52. The van der Waals surface area contributed by atoms with Gasteiger partial charge in [0.2, 0.25) is 0 Å². The molecule has 3 aliphatic rings. The Morgan fingerprint density at radius 3 is 2.13 bits per heavy atom. The van der Waals surface area contributed by atoms with E-state index in [0.717, 1.165) is 38.5 Å². The van der Waals surface area contributed by atoms with Gasteiger partial charge in [-0.2, -0.15) is 12.7 Å². The maximum Gasteiger partial charge on any atom is 0.329 e. The molecule has 1 saturated heterocycles. The Labute approximate surface area is 139 Å². The van der Waals surface area contributed by atoms with Crippen LogP contribution in [0.5, 0.6) is 0 Å². The molecule has 0 aromatic rings. The number of hydrogen-bond acceptors (Lipinski definition) is 3. The number of rotatable bonds is 3. The van der Waals surface area contributed by atoms with Crippen molar-refractivity contribution in [1.82, 2.24) is 14.3 Å². The molecular formula is C16H29N3O3S. The summed E-state index contributed by atoms with van der Waals surface area (Å²) in [7, 11) is -3.71.